The Morgan fingerprint density at radius 2 is 1.55 bits per heavy atom. The molecule has 6 nitrogen and oxygen atoms in total. The Balaban J connectivity index is 1.43. The van der Waals surface area contributed by atoms with Crippen LogP contribution in [0.2, 0.25) is 0 Å². The van der Waals surface area contributed by atoms with Gasteiger partial charge in [0.25, 0.3) is 0 Å². The quantitative estimate of drug-likeness (QED) is 0.706. The molecular weight excluding hydrogens is 366 g/mol. The van der Waals surface area contributed by atoms with Gasteiger partial charge in [0.1, 0.15) is 5.75 Å². The van der Waals surface area contributed by atoms with E-state index in [1.165, 1.54) is 37.9 Å². The number of nitrogens with zero attached hydrogens (tertiary/aromatic N) is 1. The minimum atomic E-state index is -0.684. The average Bonchev–Trinajstić information content (AvgIpc) is 2.75. The first-order valence-corrected chi connectivity index (χ1v) is 10.3. The predicted molar refractivity (Wildman–Crippen MR) is 114 cm³/mol. The second-order valence-corrected chi connectivity index (χ2v) is 7.25. The van der Waals surface area contributed by atoms with Crippen LogP contribution in [0.5, 0.6) is 5.75 Å². The van der Waals surface area contributed by atoms with Crippen LogP contribution in [0.3, 0.4) is 0 Å². The van der Waals surface area contributed by atoms with Crippen LogP contribution in [-0.2, 0) is 22.7 Å². The number of likely N-dealkylation sites (tertiary alicyclic amines) is 1. The summed E-state index contributed by atoms with van der Waals surface area (Å²) in [6.07, 6.45) is 3.90. The van der Waals surface area contributed by atoms with Gasteiger partial charge in [-0.05, 0) is 68.2 Å². The van der Waals surface area contributed by atoms with Crippen LogP contribution in [0.15, 0.2) is 48.5 Å². The molecule has 2 aromatic carbocycles. The number of ether oxygens (including phenoxy) is 1. The maximum atomic E-state index is 12.1. The highest BCUT2D eigenvalue weighted by atomic mass is 16.5. The SMILES string of the molecule is CCOc1ccc(NC(=O)C(=O)NCc2ccc(CN3CCCCC3)cc2)cc1. The zero-order valence-corrected chi connectivity index (χ0v) is 16.9. The molecule has 1 aliphatic heterocycles. The smallest absolute Gasteiger partial charge is 0.313 e. The Bertz CT molecular complexity index is 797. The molecule has 3 rings (SSSR count). The first kappa shape index (κ1) is 20.9. The highest BCUT2D eigenvalue weighted by molar-refractivity contribution is 6.39. The molecule has 0 saturated carbocycles. The maximum absolute atomic E-state index is 12.1. The third-order valence-electron chi connectivity index (χ3n) is 4.96. The Morgan fingerprint density at radius 3 is 2.21 bits per heavy atom. The number of amides is 2. The molecule has 6 heteroatoms. The molecule has 1 saturated heterocycles. The van der Waals surface area contributed by atoms with Crippen LogP contribution < -0.4 is 15.4 Å². The van der Waals surface area contributed by atoms with Crippen molar-refractivity contribution in [2.45, 2.75) is 39.3 Å². The fourth-order valence-corrected chi connectivity index (χ4v) is 3.39. The number of rotatable bonds is 7. The highest BCUT2D eigenvalue weighted by Gasteiger charge is 2.14. The maximum Gasteiger partial charge on any atom is 0.313 e. The minimum Gasteiger partial charge on any atom is -0.494 e. The molecule has 2 N–H and O–H groups in total. The van der Waals surface area contributed by atoms with Crippen molar-refractivity contribution in [1.82, 2.24) is 10.2 Å². The number of nitrogens with one attached hydrogen (secondary N) is 2. The second-order valence-electron chi connectivity index (χ2n) is 7.25. The molecule has 1 fully saturated rings. The van der Waals surface area contributed by atoms with Crippen molar-refractivity contribution in [2.24, 2.45) is 0 Å². The van der Waals surface area contributed by atoms with Crippen molar-refractivity contribution in [3.63, 3.8) is 0 Å². The van der Waals surface area contributed by atoms with Crippen LogP contribution in [0.4, 0.5) is 5.69 Å². The van der Waals surface area contributed by atoms with E-state index in [1.54, 1.807) is 24.3 Å². The molecule has 29 heavy (non-hydrogen) atoms. The van der Waals surface area contributed by atoms with Crippen LogP contribution in [0, 0.1) is 0 Å². The molecule has 0 aliphatic carbocycles. The summed E-state index contributed by atoms with van der Waals surface area (Å²) in [4.78, 5) is 26.6. The summed E-state index contributed by atoms with van der Waals surface area (Å²) in [5.74, 6) is -0.620. The normalized spacial score (nSPS) is 14.2. The van der Waals surface area contributed by atoms with E-state index in [2.05, 4.69) is 27.7 Å². The molecule has 0 radical (unpaired) electrons. The van der Waals surface area contributed by atoms with Gasteiger partial charge in [-0.15, -0.1) is 0 Å². The molecule has 0 bridgehead atoms. The third-order valence-corrected chi connectivity index (χ3v) is 4.96. The molecule has 0 atom stereocenters. The van der Waals surface area contributed by atoms with E-state index < -0.39 is 11.8 Å². The van der Waals surface area contributed by atoms with Gasteiger partial charge in [0.2, 0.25) is 0 Å². The molecular formula is C23H29N3O3. The summed E-state index contributed by atoms with van der Waals surface area (Å²) >= 11 is 0. The van der Waals surface area contributed by atoms with Crippen molar-refractivity contribution in [3.05, 3.63) is 59.7 Å². The van der Waals surface area contributed by atoms with Gasteiger partial charge in [-0.3, -0.25) is 14.5 Å². The van der Waals surface area contributed by atoms with Crippen molar-refractivity contribution < 1.29 is 14.3 Å². The van der Waals surface area contributed by atoms with E-state index in [-0.39, 0.29) is 0 Å². The summed E-state index contributed by atoms with van der Waals surface area (Å²) in [6, 6.07) is 15.1. The van der Waals surface area contributed by atoms with Gasteiger partial charge in [-0.2, -0.15) is 0 Å². The second kappa shape index (κ2) is 10.6. The van der Waals surface area contributed by atoms with Gasteiger partial charge < -0.3 is 15.4 Å². The predicted octanol–water partition coefficient (Wildman–Crippen LogP) is 3.33. The lowest BCUT2D eigenvalue weighted by Gasteiger charge is -2.26. The topological polar surface area (TPSA) is 70.7 Å². The van der Waals surface area contributed by atoms with Crippen LogP contribution in [0.25, 0.3) is 0 Å². The number of carbonyl (C=O) groups is 2. The zero-order valence-electron chi connectivity index (χ0n) is 16.9. The molecule has 2 amide bonds. The minimum absolute atomic E-state index is 0.319. The molecule has 1 heterocycles. The molecule has 154 valence electrons. The van der Waals surface area contributed by atoms with E-state index in [9.17, 15) is 9.59 Å². The number of hydrogen-bond acceptors (Lipinski definition) is 4. The Morgan fingerprint density at radius 1 is 0.897 bits per heavy atom. The van der Waals surface area contributed by atoms with Gasteiger partial charge in [-0.25, -0.2) is 0 Å². The number of anilines is 1. The summed E-state index contributed by atoms with van der Waals surface area (Å²) in [5.41, 5.74) is 2.79. The number of carbonyl (C=O) groups excluding carboxylic acids is 2. The van der Waals surface area contributed by atoms with E-state index in [1.807, 2.05) is 19.1 Å². The Hall–Kier alpha value is -2.86. The largest absolute Gasteiger partial charge is 0.494 e. The van der Waals surface area contributed by atoms with Crippen LogP contribution in [0.1, 0.15) is 37.3 Å². The number of piperidine rings is 1. The fourth-order valence-electron chi connectivity index (χ4n) is 3.39. The van der Waals surface area contributed by atoms with E-state index in [0.29, 0.717) is 18.8 Å². The number of benzene rings is 2. The third kappa shape index (κ3) is 6.61. The standard InChI is InChI=1S/C23H29N3O3/c1-2-29-21-12-10-20(11-13-21)25-23(28)22(27)24-16-18-6-8-19(9-7-18)17-26-14-4-3-5-15-26/h6-13H,2-5,14-17H2,1H3,(H,24,27)(H,25,28). The van der Waals surface area contributed by atoms with E-state index >= 15 is 0 Å². The van der Waals surface area contributed by atoms with E-state index in [4.69, 9.17) is 4.74 Å². The van der Waals surface area contributed by atoms with E-state index in [0.717, 1.165) is 17.9 Å². The fraction of sp³-hybridized carbons (Fsp3) is 0.391. The zero-order chi connectivity index (χ0) is 20.5. The lowest BCUT2D eigenvalue weighted by atomic mass is 10.1. The average molecular weight is 396 g/mol. The summed E-state index contributed by atoms with van der Waals surface area (Å²) < 4.78 is 5.36. The van der Waals surface area contributed by atoms with Gasteiger partial charge in [0.15, 0.2) is 0 Å². The van der Waals surface area contributed by atoms with Crippen LogP contribution in [-0.4, -0.2) is 36.4 Å². The van der Waals surface area contributed by atoms with Crippen molar-refractivity contribution in [3.8, 4) is 5.75 Å². The van der Waals surface area contributed by atoms with Crippen molar-refractivity contribution in [2.75, 3.05) is 25.0 Å². The molecule has 0 spiro atoms. The molecule has 0 unspecified atom stereocenters. The van der Waals surface area contributed by atoms with Crippen LogP contribution >= 0.6 is 0 Å². The van der Waals surface area contributed by atoms with Gasteiger partial charge in [0.05, 0.1) is 6.61 Å². The highest BCUT2D eigenvalue weighted by Crippen LogP contribution is 2.16. The molecule has 0 aromatic heterocycles. The number of hydrogen-bond donors (Lipinski definition) is 2. The first-order chi connectivity index (χ1) is 14.1. The lowest BCUT2D eigenvalue weighted by molar-refractivity contribution is -0.136. The lowest BCUT2D eigenvalue weighted by Crippen LogP contribution is -2.34. The van der Waals surface area contributed by atoms with Gasteiger partial charge in [-0.1, -0.05) is 30.7 Å². The Kier molecular flexibility index (Phi) is 7.64. The summed E-state index contributed by atoms with van der Waals surface area (Å²) in [7, 11) is 0. The monoisotopic (exact) mass is 395 g/mol. The Labute approximate surface area is 172 Å². The molecule has 1 aliphatic rings. The summed E-state index contributed by atoms with van der Waals surface area (Å²) in [6.45, 7) is 6.11. The molecule has 2 aromatic rings. The van der Waals surface area contributed by atoms with Crippen molar-refractivity contribution >= 4 is 17.5 Å². The van der Waals surface area contributed by atoms with Crippen molar-refractivity contribution in [1.29, 1.82) is 0 Å². The summed E-state index contributed by atoms with van der Waals surface area (Å²) in [5, 5.41) is 5.26. The van der Waals surface area contributed by atoms with Gasteiger partial charge >= 0.3 is 11.8 Å². The first-order valence-electron chi connectivity index (χ1n) is 10.3. The van der Waals surface area contributed by atoms with Gasteiger partial charge in [0, 0.05) is 18.8 Å².